The summed E-state index contributed by atoms with van der Waals surface area (Å²) in [5.74, 6) is -1.31. The van der Waals surface area contributed by atoms with Gasteiger partial charge in [-0.2, -0.15) is 11.3 Å². The van der Waals surface area contributed by atoms with Crippen LogP contribution in [-0.2, 0) is 25.5 Å². The number of nitrogens with zero attached hydrogens (tertiary/aromatic N) is 1. The van der Waals surface area contributed by atoms with Crippen molar-refractivity contribution in [1.82, 2.24) is 10.2 Å². The molecule has 3 atom stereocenters. The van der Waals surface area contributed by atoms with E-state index in [-0.39, 0.29) is 36.7 Å². The Kier molecular flexibility index (Phi) is 11.2. The number of hydrogen-bond donors (Lipinski definition) is 2. The van der Waals surface area contributed by atoms with E-state index in [1.54, 1.807) is 30.0 Å². The number of hydrogen-bond acceptors (Lipinski definition) is 7. The molecule has 2 heterocycles. The number of halogens is 1. The first-order valence-corrected chi connectivity index (χ1v) is 12.6. The maximum Gasteiger partial charge on any atom is 0.323 e. The number of ether oxygens (including phenoxy) is 1. The Labute approximate surface area is 208 Å². The van der Waals surface area contributed by atoms with E-state index in [2.05, 4.69) is 5.32 Å². The first-order valence-electron chi connectivity index (χ1n) is 10.6. The van der Waals surface area contributed by atoms with Crippen LogP contribution in [0.15, 0.2) is 47.2 Å². The van der Waals surface area contributed by atoms with Crippen molar-refractivity contribution >= 4 is 53.4 Å². The summed E-state index contributed by atoms with van der Waals surface area (Å²) in [6.07, 6.45) is 1.13. The topological polar surface area (TPSA) is 95.9 Å². The Hall–Kier alpha value is -2.07. The van der Waals surface area contributed by atoms with E-state index in [9.17, 15) is 19.5 Å². The second-order valence-corrected chi connectivity index (χ2v) is 9.56. The molecule has 1 aromatic heterocycles. The highest BCUT2D eigenvalue weighted by Crippen LogP contribution is 2.34. The average molecular weight is 513 g/mol. The number of carbonyl (C=O) groups is 3. The molecule has 0 spiro atoms. The molecule has 10 heteroatoms. The molecular weight excluding hydrogens is 484 g/mol. The molecule has 180 valence electrons. The van der Waals surface area contributed by atoms with Crippen molar-refractivity contribution in [2.75, 3.05) is 25.4 Å². The van der Waals surface area contributed by atoms with Crippen molar-refractivity contribution in [3.63, 3.8) is 0 Å². The lowest BCUT2D eigenvalue weighted by atomic mass is 10.0. The summed E-state index contributed by atoms with van der Waals surface area (Å²) >= 11 is 3.17. The van der Waals surface area contributed by atoms with E-state index in [4.69, 9.17) is 4.74 Å². The minimum Gasteiger partial charge on any atom is -0.480 e. The smallest absolute Gasteiger partial charge is 0.323 e. The van der Waals surface area contributed by atoms with Gasteiger partial charge in [0.25, 0.3) is 0 Å². The summed E-state index contributed by atoms with van der Waals surface area (Å²) in [5.41, 5.74) is 2.17. The lowest BCUT2D eigenvalue weighted by molar-refractivity contribution is -0.148. The van der Waals surface area contributed by atoms with Gasteiger partial charge in [-0.05, 0) is 47.7 Å². The number of aliphatic carboxylic acids is 1. The lowest BCUT2D eigenvalue weighted by Crippen LogP contribution is -2.53. The van der Waals surface area contributed by atoms with Crippen molar-refractivity contribution in [2.45, 2.75) is 37.1 Å². The highest BCUT2D eigenvalue weighted by atomic mass is 35.5. The van der Waals surface area contributed by atoms with Crippen LogP contribution in [0, 0.1) is 0 Å². The van der Waals surface area contributed by atoms with Crippen LogP contribution in [0.5, 0.6) is 0 Å². The number of esters is 1. The highest BCUT2D eigenvalue weighted by molar-refractivity contribution is 7.99. The molecule has 1 unspecified atom stereocenters. The standard InChI is InChI=1S/C23H28N2O5S2.ClH/c1-2-30-23(29)18(9-8-16-6-4-3-5-7-16)24-19-15-32-20(17-10-11-31-14-17)12-25(22(19)28)13-21(26)27;/h3-7,10-11,14,18-20,24H,2,8-9,12-13,15H2,1H3,(H,26,27);1H/t18-,19-,20?;/m0./s1. The third-order valence-corrected chi connectivity index (χ3v) is 7.29. The number of amides is 1. The zero-order valence-electron chi connectivity index (χ0n) is 18.3. The van der Waals surface area contributed by atoms with Gasteiger partial charge in [-0.25, -0.2) is 0 Å². The Bertz CT molecular complexity index is 898. The number of carboxylic acids is 1. The van der Waals surface area contributed by atoms with Crippen LogP contribution < -0.4 is 5.32 Å². The molecule has 1 amide bonds. The van der Waals surface area contributed by atoms with Gasteiger partial charge in [0.1, 0.15) is 12.6 Å². The summed E-state index contributed by atoms with van der Waals surface area (Å²) in [7, 11) is 0. The molecule has 2 aromatic rings. The van der Waals surface area contributed by atoms with E-state index >= 15 is 0 Å². The van der Waals surface area contributed by atoms with Gasteiger partial charge in [0, 0.05) is 17.5 Å². The number of carboxylic acid groups (broad SMARTS) is 1. The largest absolute Gasteiger partial charge is 0.480 e. The summed E-state index contributed by atoms with van der Waals surface area (Å²) < 4.78 is 5.25. The fourth-order valence-corrected chi connectivity index (χ4v) is 5.73. The molecule has 0 saturated carbocycles. The molecule has 0 radical (unpaired) electrons. The van der Waals surface area contributed by atoms with Gasteiger partial charge in [0.05, 0.1) is 12.6 Å². The number of rotatable bonds is 10. The van der Waals surface area contributed by atoms with Gasteiger partial charge in [-0.1, -0.05) is 30.3 Å². The third-order valence-electron chi connectivity index (χ3n) is 5.24. The van der Waals surface area contributed by atoms with Crippen molar-refractivity contribution in [3.8, 4) is 0 Å². The van der Waals surface area contributed by atoms with Crippen LogP contribution in [0.4, 0.5) is 0 Å². The fourth-order valence-electron chi connectivity index (χ4n) is 3.64. The van der Waals surface area contributed by atoms with Crippen LogP contribution in [0.2, 0.25) is 0 Å². The van der Waals surface area contributed by atoms with Crippen molar-refractivity contribution < 1.29 is 24.2 Å². The van der Waals surface area contributed by atoms with Gasteiger partial charge in [-0.3, -0.25) is 19.7 Å². The number of nitrogens with one attached hydrogen (secondary N) is 1. The normalized spacial score (nSPS) is 19.3. The number of benzene rings is 1. The first-order chi connectivity index (χ1) is 15.5. The van der Waals surface area contributed by atoms with Crippen molar-refractivity contribution in [2.24, 2.45) is 0 Å². The Balaban J connectivity index is 0.00000385. The number of aryl methyl sites for hydroxylation is 1. The van der Waals surface area contributed by atoms with E-state index in [0.717, 1.165) is 11.1 Å². The molecule has 1 fully saturated rings. The average Bonchev–Trinajstić information content (AvgIpc) is 3.27. The molecule has 1 aromatic carbocycles. The van der Waals surface area contributed by atoms with Crippen LogP contribution in [0.1, 0.15) is 29.7 Å². The Morgan fingerprint density at radius 3 is 2.67 bits per heavy atom. The zero-order valence-corrected chi connectivity index (χ0v) is 20.8. The SMILES string of the molecule is CCOC(=O)[C@H](CCc1ccccc1)N[C@H]1CSC(c2ccsc2)CN(CC(=O)O)C1=O.Cl. The van der Waals surface area contributed by atoms with Crippen LogP contribution in [0.25, 0.3) is 0 Å². The summed E-state index contributed by atoms with van der Waals surface area (Å²) in [6, 6.07) is 10.5. The van der Waals surface area contributed by atoms with E-state index < -0.39 is 24.0 Å². The molecule has 1 saturated heterocycles. The van der Waals surface area contributed by atoms with Crippen LogP contribution in [-0.4, -0.2) is 65.4 Å². The number of thioether (sulfide) groups is 1. The fraction of sp³-hybridized carbons (Fsp3) is 0.435. The molecule has 3 rings (SSSR count). The van der Waals surface area contributed by atoms with Gasteiger partial charge in [0.15, 0.2) is 0 Å². The van der Waals surface area contributed by atoms with Crippen molar-refractivity contribution in [3.05, 3.63) is 58.3 Å². The van der Waals surface area contributed by atoms with Crippen LogP contribution in [0.3, 0.4) is 0 Å². The maximum atomic E-state index is 13.2. The van der Waals surface area contributed by atoms with Crippen molar-refractivity contribution in [1.29, 1.82) is 0 Å². The van der Waals surface area contributed by atoms with Crippen LogP contribution >= 0.6 is 35.5 Å². The summed E-state index contributed by atoms with van der Waals surface area (Å²) in [6.45, 7) is 1.95. The van der Waals surface area contributed by atoms with E-state index in [0.29, 0.717) is 25.1 Å². The summed E-state index contributed by atoms with van der Waals surface area (Å²) in [4.78, 5) is 38.6. The predicted molar refractivity (Wildman–Crippen MR) is 133 cm³/mol. The monoisotopic (exact) mass is 512 g/mol. The van der Waals surface area contributed by atoms with Gasteiger partial charge >= 0.3 is 11.9 Å². The Morgan fingerprint density at radius 1 is 1.27 bits per heavy atom. The maximum absolute atomic E-state index is 13.2. The minimum absolute atomic E-state index is 0. The second kappa shape index (κ2) is 13.6. The molecule has 0 aliphatic carbocycles. The molecule has 0 bridgehead atoms. The molecule has 33 heavy (non-hydrogen) atoms. The zero-order chi connectivity index (χ0) is 22.9. The molecule has 1 aliphatic rings. The molecule has 1 aliphatic heterocycles. The quantitative estimate of drug-likeness (QED) is 0.471. The minimum atomic E-state index is -1.06. The van der Waals surface area contributed by atoms with Gasteiger partial charge < -0.3 is 14.7 Å². The van der Waals surface area contributed by atoms with E-state index in [1.165, 1.54) is 4.90 Å². The Morgan fingerprint density at radius 2 is 2.03 bits per heavy atom. The van der Waals surface area contributed by atoms with E-state index in [1.807, 2.05) is 47.2 Å². The number of thiophene rings is 1. The summed E-state index contributed by atoms with van der Waals surface area (Å²) in [5, 5.41) is 16.5. The lowest BCUT2D eigenvalue weighted by Gasteiger charge is -2.26. The third kappa shape index (κ3) is 8.03. The molecule has 2 N–H and O–H groups in total. The van der Waals surface area contributed by atoms with Gasteiger partial charge in [0.2, 0.25) is 5.91 Å². The first kappa shape index (κ1) is 27.2. The predicted octanol–water partition coefficient (Wildman–Crippen LogP) is 3.39. The second-order valence-electron chi connectivity index (χ2n) is 7.54. The number of carbonyl (C=O) groups excluding carboxylic acids is 2. The highest BCUT2D eigenvalue weighted by Gasteiger charge is 2.35. The molecule has 7 nitrogen and oxygen atoms in total. The van der Waals surface area contributed by atoms with Gasteiger partial charge in [-0.15, -0.1) is 24.2 Å². The molecular formula is C23H29ClN2O5S2.